The summed E-state index contributed by atoms with van der Waals surface area (Å²) in [5.74, 6) is -0.199. The van der Waals surface area contributed by atoms with E-state index in [4.69, 9.17) is 0 Å². The molecule has 4 rings (SSSR count). The molecule has 0 fully saturated rings. The quantitative estimate of drug-likeness (QED) is 0.722. The van der Waals surface area contributed by atoms with Crippen LogP contribution in [0.25, 0.3) is 16.5 Å². The third-order valence-electron chi connectivity index (χ3n) is 4.11. The van der Waals surface area contributed by atoms with Crippen LogP contribution in [-0.4, -0.2) is 18.1 Å². The summed E-state index contributed by atoms with van der Waals surface area (Å²) >= 11 is 1.66. The fourth-order valence-electron chi connectivity index (χ4n) is 2.93. The molecule has 2 heterocycles. The fraction of sp³-hybridized carbons (Fsp3) is 0.158. The Hall–Kier alpha value is -2.04. The average Bonchev–Trinajstić information content (AvgIpc) is 3.01. The average molecular weight is 324 g/mol. The molecule has 0 aliphatic carbocycles. The van der Waals surface area contributed by atoms with E-state index in [9.17, 15) is 4.39 Å². The van der Waals surface area contributed by atoms with Gasteiger partial charge in [0.2, 0.25) is 0 Å². The summed E-state index contributed by atoms with van der Waals surface area (Å²) in [6.07, 6.45) is 5.43. The van der Waals surface area contributed by atoms with E-state index in [2.05, 4.69) is 40.8 Å². The molecular formula is C19H17FN2S. The fourth-order valence-corrected chi connectivity index (χ4v) is 3.79. The minimum absolute atomic E-state index is 0.199. The molecule has 0 amide bonds. The van der Waals surface area contributed by atoms with Gasteiger partial charge in [0.05, 0.1) is 0 Å². The van der Waals surface area contributed by atoms with Crippen molar-refractivity contribution in [2.45, 2.75) is 16.2 Å². The molecule has 23 heavy (non-hydrogen) atoms. The normalized spacial score (nSPS) is 14.9. The van der Waals surface area contributed by atoms with Crippen molar-refractivity contribution in [3.05, 3.63) is 66.1 Å². The van der Waals surface area contributed by atoms with Crippen molar-refractivity contribution >= 4 is 28.2 Å². The molecule has 2 aromatic carbocycles. The highest BCUT2D eigenvalue weighted by Gasteiger charge is 2.11. The van der Waals surface area contributed by atoms with E-state index in [1.165, 1.54) is 33.6 Å². The number of aromatic nitrogens is 1. The van der Waals surface area contributed by atoms with Gasteiger partial charge in [0, 0.05) is 39.0 Å². The van der Waals surface area contributed by atoms with Gasteiger partial charge in [0.1, 0.15) is 5.82 Å². The zero-order valence-electron chi connectivity index (χ0n) is 12.6. The lowest BCUT2D eigenvalue weighted by molar-refractivity contribution is 0.626. The first-order valence-electron chi connectivity index (χ1n) is 7.74. The minimum atomic E-state index is -0.199. The van der Waals surface area contributed by atoms with Gasteiger partial charge in [-0.15, -0.1) is 0 Å². The van der Waals surface area contributed by atoms with Crippen molar-refractivity contribution in [1.29, 1.82) is 0 Å². The Morgan fingerprint density at radius 1 is 1.00 bits per heavy atom. The van der Waals surface area contributed by atoms with Crippen LogP contribution in [-0.2, 0) is 0 Å². The highest BCUT2D eigenvalue weighted by molar-refractivity contribution is 7.99. The first-order valence-corrected chi connectivity index (χ1v) is 8.56. The summed E-state index contributed by atoms with van der Waals surface area (Å²) in [5, 5.41) is 4.61. The molecule has 4 heteroatoms. The molecule has 0 unspecified atom stereocenters. The van der Waals surface area contributed by atoms with E-state index in [0.29, 0.717) is 0 Å². The van der Waals surface area contributed by atoms with Crippen LogP contribution in [0.2, 0.25) is 0 Å². The van der Waals surface area contributed by atoms with Crippen molar-refractivity contribution in [1.82, 2.24) is 10.3 Å². The molecule has 2 N–H and O–H groups in total. The van der Waals surface area contributed by atoms with E-state index in [1.54, 1.807) is 11.8 Å². The highest BCUT2D eigenvalue weighted by Crippen LogP contribution is 2.34. The van der Waals surface area contributed by atoms with Crippen LogP contribution in [0.4, 0.5) is 4.39 Å². The zero-order valence-corrected chi connectivity index (χ0v) is 13.4. The Bertz CT molecular complexity index is 865. The third-order valence-corrected chi connectivity index (χ3v) is 5.11. The third kappa shape index (κ3) is 3.05. The number of aromatic amines is 1. The Morgan fingerprint density at radius 2 is 1.83 bits per heavy atom. The molecule has 0 spiro atoms. The maximum absolute atomic E-state index is 13.0. The van der Waals surface area contributed by atoms with Crippen molar-refractivity contribution in [2.24, 2.45) is 0 Å². The number of hydrogen-bond acceptors (Lipinski definition) is 2. The van der Waals surface area contributed by atoms with Gasteiger partial charge in [0.15, 0.2) is 0 Å². The van der Waals surface area contributed by atoms with E-state index in [-0.39, 0.29) is 5.82 Å². The Kier molecular flexibility index (Phi) is 3.93. The molecular weight excluding hydrogens is 307 g/mol. The first kappa shape index (κ1) is 14.5. The van der Waals surface area contributed by atoms with Crippen LogP contribution in [0.1, 0.15) is 12.0 Å². The lowest BCUT2D eigenvalue weighted by atomic mass is 10.00. The maximum atomic E-state index is 13.0. The topological polar surface area (TPSA) is 27.8 Å². The molecule has 0 saturated carbocycles. The standard InChI is InChI=1S/C19H17FN2S/c20-14-1-3-15(4-2-14)23-16-5-6-19-17(11-16)18(12-22-19)13-7-9-21-10-8-13/h1-7,11-12,21-22H,8-10H2. The van der Waals surface area contributed by atoms with Crippen LogP contribution in [0, 0.1) is 5.82 Å². The summed E-state index contributed by atoms with van der Waals surface area (Å²) in [7, 11) is 0. The van der Waals surface area contributed by atoms with Crippen molar-refractivity contribution in [3.63, 3.8) is 0 Å². The number of benzene rings is 2. The minimum Gasteiger partial charge on any atom is -0.361 e. The Labute approximate surface area is 138 Å². The zero-order chi connectivity index (χ0) is 15.6. The lowest BCUT2D eigenvalue weighted by Gasteiger charge is -2.13. The predicted molar refractivity (Wildman–Crippen MR) is 94.3 cm³/mol. The highest BCUT2D eigenvalue weighted by atomic mass is 32.2. The number of hydrogen-bond donors (Lipinski definition) is 2. The molecule has 1 aliphatic heterocycles. The van der Waals surface area contributed by atoms with Crippen LogP contribution in [0.15, 0.2) is 64.5 Å². The first-order chi connectivity index (χ1) is 11.3. The number of nitrogens with one attached hydrogen (secondary N) is 2. The molecule has 0 bridgehead atoms. The number of H-pyrrole nitrogens is 1. The van der Waals surface area contributed by atoms with Crippen LogP contribution in [0.3, 0.4) is 0 Å². The van der Waals surface area contributed by atoms with E-state index >= 15 is 0 Å². The molecule has 0 saturated heterocycles. The Balaban J connectivity index is 1.69. The molecule has 1 aliphatic rings. The largest absolute Gasteiger partial charge is 0.361 e. The summed E-state index contributed by atoms with van der Waals surface area (Å²) in [6, 6.07) is 13.1. The monoisotopic (exact) mass is 324 g/mol. The Morgan fingerprint density at radius 3 is 2.61 bits per heavy atom. The van der Waals surface area contributed by atoms with Crippen LogP contribution < -0.4 is 5.32 Å². The second kappa shape index (κ2) is 6.22. The molecule has 1 aromatic heterocycles. The van der Waals surface area contributed by atoms with Crippen molar-refractivity contribution < 1.29 is 4.39 Å². The predicted octanol–water partition coefficient (Wildman–Crippen LogP) is 4.83. The number of halogens is 1. The molecule has 0 radical (unpaired) electrons. The molecule has 2 nitrogen and oxygen atoms in total. The summed E-state index contributed by atoms with van der Waals surface area (Å²) in [6.45, 7) is 1.97. The van der Waals surface area contributed by atoms with Crippen molar-refractivity contribution in [3.8, 4) is 0 Å². The van der Waals surface area contributed by atoms with Gasteiger partial charge < -0.3 is 10.3 Å². The molecule has 3 aromatic rings. The lowest BCUT2D eigenvalue weighted by Crippen LogP contribution is -2.19. The second-order valence-electron chi connectivity index (χ2n) is 5.65. The summed E-state index contributed by atoms with van der Waals surface area (Å²) < 4.78 is 13.0. The van der Waals surface area contributed by atoms with Gasteiger partial charge in [-0.1, -0.05) is 17.8 Å². The summed E-state index contributed by atoms with van der Waals surface area (Å²) in [4.78, 5) is 5.58. The van der Waals surface area contributed by atoms with Gasteiger partial charge in [-0.25, -0.2) is 4.39 Å². The van der Waals surface area contributed by atoms with E-state index in [0.717, 1.165) is 29.9 Å². The van der Waals surface area contributed by atoms with E-state index < -0.39 is 0 Å². The summed E-state index contributed by atoms with van der Waals surface area (Å²) in [5.41, 5.74) is 3.85. The van der Waals surface area contributed by atoms with Crippen LogP contribution in [0.5, 0.6) is 0 Å². The van der Waals surface area contributed by atoms with Gasteiger partial charge in [0.25, 0.3) is 0 Å². The van der Waals surface area contributed by atoms with Gasteiger partial charge >= 0.3 is 0 Å². The number of fused-ring (bicyclic) bond motifs is 1. The number of rotatable bonds is 3. The van der Waals surface area contributed by atoms with E-state index in [1.807, 2.05) is 12.1 Å². The van der Waals surface area contributed by atoms with Gasteiger partial charge in [-0.2, -0.15) is 0 Å². The molecule has 0 atom stereocenters. The SMILES string of the molecule is Fc1ccc(Sc2ccc3[nH]cc(C4=CCNCC4)c3c2)cc1. The second-order valence-corrected chi connectivity index (χ2v) is 6.80. The maximum Gasteiger partial charge on any atom is 0.123 e. The molecule has 116 valence electrons. The van der Waals surface area contributed by atoms with Gasteiger partial charge in [-0.3, -0.25) is 0 Å². The van der Waals surface area contributed by atoms with Gasteiger partial charge in [-0.05, 0) is 61.0 Å². The smallest absolute Gasteiger partial charge is 0.123 e. The van der Waals surface area contributed by atoms with Crippen molar-refractivity contribution in [2.75, 3.05) is 13.1 Å². The van der Waals surface area contributed by atoms with Crippen LogP contribution >= 0.6 is 11.8 Å².